The molecule has 0 aromatic heterocycles. The minimum atomic E-state index is -2.93. The van der Waals surface area contributed by atoms with Gasteiger partial charge in [-0.25, -0.2) is 8.42 Å². The minimum absolute atomic E-state index is 0.0663. The Balaban J connectivity index is 2.50. The molecule has 0 aliphatic carbocycles. The molecule has 0 spiro atoms. The first kappa shape index (κ1) is 11.5. The molecule has 82 valence electrons. The molecule has 1 saturated heterocycles. The van der Waals surface area contributed by atoms with Crippen molar-refractivity contribution in [3.8, 4) is 0 Å². The van der Waals surface area contributed by atoms with Crippen molar-refractivity contribution in [1.29, 1.82) is 0 Å². The lowest BCUT2D eigenvalue weighted by atomic mass is 10.2. The second-order valence-corrected chi connectivity index (χ2v) is 5.79. The first-order valence-corrected chi connectivity index (χ1v) is 6.46. The number of sulfone groups is 1. The van der Waals surface area contributed by atoms with Gasteiger partial charge in [0.1, 0.15) is 6.04 Å². The van der Waals surface area contributed by atoms with Crippen molar-refractivity contribution in [3.63, 3.8) is 0 Å². The summed E-state index contributed by atoms with van der Waals surface area (Å²) in [5.41, 5.74) is 0. The molecular weight excluding hydrogens is 206 g/mol. The molecule has 2 atom stereocenters. The topological polar surface area (TPSA) is 83.5 Å². The summed E-state index contributed by atoms with van der Waals surface area (Å²) in [5.74, 6) is -0.686. The van der Waals surface area contributed by atoms with Crippen LogP contribution in [0.3, 0.4) is 0 Å². The van der Waals surface area contributed by atoms with E-state index in [-0.39, 0.29) is 17.5 Å². The van der Waals surface area contributed by atoms with Gasteiger partial charge in [-0.05, 0) is 12.8 Å². The van der Waals surface area contributed by atoms with Crippen LogP contribution in [0.15, 0.2) is 0 Å². The van der Waals surface area contributed by atoms with Crippen LogP contribution in [0.2, 0.25) is 0 Å². The molecule has 1 aliphatic rings. The van der Waals surface area contributed by atoms with Crippen LogP contribution in [-0.4, -0.2) is 43.1 Å². The molecule has 0 aromatic carbocycles. The highest BCUT2D eigenvalue weighted by atomic mass is 32.2. The third kappa shape index (κ3) is 2.95. The number of hydrogen-bond donors (Lipinski definition) is 2. The zero-order valence-electron chi connectivity index (χ0n) is 8.06. The second-order valence-electron chi connectivity index (χ2n) is 3.57. The second kappa shape index (κ2) is 4.27. The molecule has 1 heterocycles. The first-order chi connectivity index (χ1) is 6.44. The Morgan fingerprint density at radius 1 is 1.64 bits per heavy atom. The molecule has 1 aliphatic heterocycles. The zero-order valence-corrected chi connectivity index (χ0v) is 8.88. The molecule has 0 saturated carbocycles. The van der Waals surface area contributed by atoms with E-state index >= 15 is 0 Å². The van der Waals surface area contributed by atoms with Crippen molar-refractivity contribution in [2.45, 2.75) is 31.8 Å². The summed E-state index contributed by atoms with van der Waals surface area (Å²) in [6, 6.07) is -0.825. The molecule has 0 aromatic rings. The Kier molecular flexibility index (Phi) is 3.49. The maximum absolute atomic E-state index is 11.1. The molecule has 2 unspecified atom stereocenters. The van der Waals surface area contributed by atoms with Crippen molar-refractivity contribution < 1.29 is 18.3 Å². The number of hydrogen-bond acceptors (Lipinski definition) is 4. The van der Waals surface area contributed by atoms with Crippen LogP contribution in [0.25, 0.3) is 0 Å². The van der Waals surface area contributed by atoms with Crippen LogP contribution < -0.4 is 5.32 Å². The van der Waals surface area contributed by atoms with E-state index in [1.807, 2.05) is 0 Å². The van der Waals surface area contributed by atoms with Gasteiger partial charge in [0.15, 0.2) is 9.84 Å². The van der Waals surface area contributed by atoms with E-state index in [9.17, 15) is 13.2 Å². The Bertz CT molecular complexity index is 311. The van der Waals surface area contributed by atoms with Crippen LogP contribution in [-0.2, 0) is 14.6 Å². The standard InChI is InChI=1S/C8H15NO4S/c1-2-7(8(10)11)9-6-3-4-14(12,13)5-6/h6-7,9H,2-5H2,1H3,(H,10,11). The van der Waals surface area contributed by atoms with Gasteiger partial charge in [0.2, 0.25) is 0 Å². The highest BCUT2D eigenvalue weighted by Gasteiger charge is 2.30. The van der Waals surface area contributed by atoms with E-state index in [1.54, 1.807) is 6.92 Å². The van der Waals surface area contributed by atoms with Gasteiger partial charge in [-0.15, -0.1) is 0 Å². The van der Waals surface area contributed by atoms with Crippen molar-refractivity contribution in [1.82, 2.24) is 5.32 Å². The summed E-state index contributed by atoms with van der Waals surface area (Å²) >= 11 is 0. The van der Waals surface area contributed by atoms with Crippen molar-refractivity contribution in [3.05, 3.63) is 0 Å². The van der Waals surface area contributed by atoms with Gasteiger partial charge in [-0.2, -0.15) is 0 Å². The third-order valence-corrected chi connectivity index (χ3v) is 4.14. The SMILES string of the molecule is CCC(NC1CCS(=O)(=O)C1)C(=O)O. The summed E-state index contributed by atoms with van der Waals surface area (Å²) < 4.78 is 22.2. The number of aliphatic carboxylic acids is 1. The van der Waals surface area contributed by atoms with Gasteiger partial charge in [0, 0.05) is 6.04 Å². The molecule has 2 N–H and O–H groups in total. The lowest BCUT2D eigenvalue weighted by Gasteiger charge is -2.16. The predicted octanol–water partition coefficient (Wildman–Crippen LogP) is -0.374. The summed E-state index contributed by atoms with van der Waals surface area (Å²) in [6.45, 7) is 1.76. The molecule has 14 heavy (non-hydrogen) atoms. The molecule has 6 heteroatoms. The molecule has 1 fully saturated rings. The van der Waals surface area contributed by atoms with Gasteiger partial charge in [-0.3, -0.25) is 4.79 Å². The monoisotopic (exact) mass is 221 g/mol. The fourth-order valence-corrected chi connectivity index (χ4v) is 3.26. The maximum Gasteiger partial charge on any atom is 0.320 e. The van der Waals surface area contributed by atoms with Crippen LogP contribution in [0, 0.1) is 0 Å². The minimum Gasteiger partial charge on any atom is -0.480 e. The highest BCUT2D eigenvalue weighted by molar-refractivity contribution is 7.91. The zero-order chi connectivity index (χ0) is 10.8. The number of rotatable bonds is 4. The molecule has 1 rings (SSSR count). The van der Waals surface area contributed by atoms with Gasteiger partial charge >= 0.3 is 5.97 Å². The first-order valence-electron chi connectivity index (χ1n) is 4.64. The van der Waals surface area contributed by atoms with Crippen molar-refractivity contribution >= 4 is 15.8 Å². The van der Waals surface area contributed by atoms with E-state index in [4.69, 9.17) is 5.11 Å². The molecule has 0 bridgehead atoms. The fraction of sp³-hybridized carbons (Fsp3) is 0.875. The quantitative estimate of drug-likeness (QED) is 0.676. The third-order valence-electron chi connectivity index (χ3n) is 2.38. The van der Waals surface area contributed by atoms with Gasteiger partial charge in [0.05, 0.1) is 11.5 Å². The average Bonchev–Trinajstić information content (AvgIpc) is 2.41. The Hall–Kier alpha value is -0.620. The van der Waals surface area contributed by atoms with Crippen LogP contribution >= 0.6 is 0 Å². The van der Waals surface area contributed by atoms with E-state index in [0.29, 0.717) is 12.8 Å². The average molecular weight is 221 g/mol. The van der Waals surface area contributed by atoms with E-state index in [0.717, 1.165) is 0 Å². The fourth-order valence-electron chi connectivity index (χ4n) is 1.57. The Morgan fingerprint density at radius 3 is 2.64 bits per heavy atom. The molecular formula is C8H15NO4S. The largest absolute Gasteiger partial charge is 0.480 e. The van der Waals surface area contributed by atoms with Crippen LogP contribution in [0.5, 0.6) is 0 Å². The van der Waals surface area contributed by atoms with Crippen molar-refractivity contribution in [2.75, 3.05) is 11.5 Å². The maximum atomic E-state index is 11.1. The summed E-state index contributed by atoms with van der Waals surface area (Å²) in [4.78, 5) is 10.7. The predicted molar refractivity (Wildman–Crippen MR) is 51.9 cm³/mol. The van der Waals surface area contributed by atoms with Gasteiger partial charge in [0.25, 0.3) is 0 Å². The molecule has 0 amide bonds. The normalized spacial score (nSPS) is 27.4. The summed E-state index contributed by atoms with van der Waals surface area (Å²) in [6.07, 6.45) is 0.984. The highest BCUT2D eigenvalue weighted by Crippen LogP contribution is 2.12. The van der Waals surface area contributed by atoms with Crippen LogP contribution in [0.1, 0.15) is 19.8 Å². The number of carboxylic acids is 1. The lowest BCUT2D eigenvalue weighted by molar-refractivity contribution is -0.139. The Labute approximate surface area is 83.4 Å². The van der Waals surface area contributed by atoms with Crippen LogP contribution in [0.4, 0.5) is 0 Å². The van der Waals surface area contributed by atoms with Crippen molar-refractivity contribution in [2.24, 2.45) is 0 Å². The molecule has 0 radical (unpaired) electrons. The smallest absolute Gasteiger partial charge is 0.320 e. The van der Waals surface area contributed by atoms with E-state index in [1.165, 1.54) is 0 Å². The Morgan fingerprint density at radius 2 is 2.29 bits per heavy atom. The number of carboxylic acid groups (broad SMARTS) is 1. The number of nitrogens with one attached hydrogen (secondary N) is 1. The van der Waals surface area contributed by atoms with Gasteiger partial charge in [-0.1, -0.05) is 6.92 Å². The van der Waals surface area contributed by atoms with E-state index < -0.39 is 21.8 Å². The summed E-state index contributed by atoms with van der Waals surface area (Å²) in [7, 11) is -2.93. The molecule has 5 nitrogen and oxygen atoms in total. The lowest BCUT2D eigenvalue weighted by Crippen LogP contribution is -2.43. The number of carbonyl (C=O) groups is 1. The van der Waals surface area contributed by atoms with E-state index in [2.05, 4.69) is 5.32 Å². The summed E-state index contributed by atoms with van der Waals surface area (Å²) in [5, 5.41) is 11.6. The van der Waals surface area contributed by atoms with Gasteiger partial charge < -0.3 is 10.4 Å².